The summed E-state index contributed by atoms with van der Waals surface area (Å²) in [6.07, 6.45) is 0. The number of fused-ring (bicyclic) bond motifs is 1. The van der Waals surface area contributed by atoms with Gasteiger partial charge in [0.2, 0.25) is 11.7 Å². The van der Waals surface area contributed by atoms with E-state index in [1.807, 2.05) is 31.2 Å². The van der Waals surface area contributed by atoms with Crippen molar-refractivity contribution in [2.45, 2.75) is 25.6 Å². The topological polar surface area (TPSA) is 104 Å². The number of carbonyl (C=O) groups excluding carboxylic acids is 2. The predicted octanol–water partition coefficient (Wildman–Crippen LogP) is 3.33. The molecule has 9 nitrogen and oxygen atoms in total. The molecule has 0 saturated carbocycles. The summed E-state index contributed by atoms with van der Waals surface area (Å²) in [7, 11) is 0. The van der Waals surface area contributed by atoms with Crippen molar-refractivity contribution in [3.8, 4) is 11.4 Å². The molecule has 1 fully saturated rings. The fourth-order valence-corrected chi connectivity index (χ4v) is 3.80. The van der Waals surface area contributed by atoms with Crippen molar-refractivity contribution in [1.82, 2.24) is 15.1 Å². The number of rotatable bonds is 4. The van der Waals surface area contributed by atoms with Crippen LogP contribution in [-0.2, 0) is 16.1 Å². The Balaban J connectivity index is 1.38. The van der Waals surface area contributed by atoms with Crippen LogP contribution in [0.4, 0.5) is 10.1 Å². The minimum Gasteiger partial charge on any atom is -0.337 e. The summed E-state index contributed by atoms with van der Waals surface area (Å²) in [5.74, 6) is -1.11. The SMILES string of the molecule is Cc1ccccc1-c1noc(CN2N=N[C@@H]3C(=O)N(c4ccc(F)c(Cl)c4)C(=O)[C@H]32)n1. The van der Waals surface area contributed by atoms with E-state index in [2.05, 4.69) is 20.5 Å². The number of halogens is 2. The highest BCUT2D eigenvalue weighted by Crippen LogP contribution is 2.34. The molecule has 1 saturated heterocycles. The van der Waals surface area contributed by atoms with Crippen LogP contribution in [0.1, 0.15) is 11.5 Å². The van der Waals surface area contributed by atoms with Crippen molar-refractivity contribution < 1.29 is 18.5 Å². The van der Waals surface area contributed by atoms with Crippen LogP contribution in [0.25, 0.3) is 11.4 Å². The normalized spacial score (nSPS) is 20.1. The van der Waals surface area contributed by atoms with Gasteiger partial charge in [0, 0.05) is 5.56 Å². The molecular weight excluding hydrogens is 427 g/mol. The van der Waals surface area contributed by atoms with E-state index in [-0.39, 0.29) is 23.1 Å². The summed E-state index contributed by atoms with van der Waals surface area (Å²) in [5, 5.41) is 13.0. The molecule has 2 aliphatic rings. The van der Waals surface area contributed by atoms with Crippen molar-refractivity contribution in [3.05, 3.63) is 64.8 Å². The van der Waals surface area contributed by atoms with Gasteiger partial charge in [-0.15, -0.1) is 0 Å². The molecule has 2 aliphatic heterocycles. The number of hydrogen-bond acceptors (Lipinski definition) is 8. The largest absolute Gasteiger partial charge is 0.337 e. The van der Waals surface area contributed by atoms with Gasteiger partial charge in [-0.2, -0.15) is 10.1 Å². The molecule has 1 aromatic heterocycles. The lowest BCUT2D eigenvalue weighted by molar-refractivity contribution is -0.123. The van der Waals surface area contributed by atoms with E-state index in [4.69, 9.17) is 16.1 Å². The third-order valence-electron chi connectivity index (χ3n) is 5.17. The molecule has 11 heteroatoms. The Bertz CT molecular complexity index is 1250. The number of amides is 2. The van der Waals surface area contributed by atoms with Gasteiger partial charge in [0.25, 0.3) is 11.8 Å². The second-order valence-corrected chi connectivity index (χ2v) is 7.54. The standard InChI is InChI=1S/C20H14ClFN6O3/c1-10-4-2-3-5-12(10)18-23-15(31-25-18)9-27-17-16(24-26-27)19(29)28(20(17)30)11-6-7-14(22)13(21)8-11/h2-8,16-17H,9H2,1H3/t16-,17-/m0/s1. The van der Waals surface area contributed by atoms with Crippen LogP contribution >= 0.6 is 11.6 Å². The Hall–Kier alpha value is -3.66. The van der Waals surface area contributed by atoms with Gasteiger partial charge in [-0.05, 0) is 30.7 Å². The fraction of sp³-hybridized carbons (Fsp3) is 0.200. The molecule has 3 aromatic rings. The van der Waals surface area contributed by atoms with E-state index in [1.54, 1.807) is 0 Å². The number of imide groups is 1. The molecule has 2 amide bonds. The first-order valence-corrected chi connectivity index (χ1v) is 9.70. The Labute approximate surface area is 180 Å². The quantitative estimate of drug-likeness (QED) is 0.576. The van der Waals surface area contributed by atoms with Crippen LogP contribution in [0.3, 0.4) is 0 Å². The smallest absolute Gasteiger partial charge is 0.263 e. The average molecular weight is 441 g/mol. The minimum absolute atomic E-state index is 0.000577. The van der Waals surface area contributed by atoms with E-state index in [0.29, 0.717) is 5.82 Å². The predicted molar refractivity (Wildman–Crippen MR) is 106 cm³/mol. The summed E-state index contributed by atoms with van der Waals surface area (Å²) in [6.45, 7) is 1.93. The van der Waals surface area contributed by atoms with Crippen LogP contribution in [0.2, 0.25) is 5.02 Å². The Morgan fingerprint density at radius 2 is 1.97 bits per heavy atom. The minimum atomic E-state index is -1.00. The van der Waals surface area contributed by atoms with Gasteiger partial charge in [-0.1, -0.05) is 46.2 Å². The molecular formula is C20H14ClFN6O3. The van der Waals surface area contributed by atoms with Crippen molar-refractivity contribution in [3.63, 3.8) is 0 Å². The molecule has 2 atom stereocenters. The monoisotopic (exact) mass is 440 g/mol. The summed E-state index contributed by atoms with van der Waals surface area (Å²) >= 11 is 5.80. The van der Waals surface area contributed by atoms with E-state index in [9.17, 15) is 14.0 Å². The molecule has 5 rings (SSSR count). The van der Waals surface area contributed by atoms with Crippen molar-refractivity contribution in [1.29, 1.82) is 0 Å². The number of carbonyl (C=O) groups is 2. The molecule has 0 N–H and O–H groups in total. The summed E-state index contributed by atoms with van der Waals surface area (Å²) in [6, 6.07) is 9.26. The summed E-state index contributed by atoms with van der Waals surface area (Å²) < 4.78 is 18.8. The van der Waals surface area contributed by atoms with Crippen molar-refractivity contribution in [2.75, 3.05) is 4.90 Å². The van der Waals surface area contributed by atoms with Gasteiger partial charge < -0.3 is 4.52 Å². The van der Waals surface area contributed by atoms with E-state index in [1.165, 1.54) is 17.1 Å². The third kappa shape index (κ3) is 3.15. The van der Waals surface area contributed by atoms with Crippen molar-refractivity contribution in [2.24, 2.45) is 10.3 Å². The van der Waals surface area contributed by atoms with Crippen LogP contribution < -0.4 is 4.90 Å². The lowest BCUT2D eigenvalue weighted by atomic mass is 10.1. The molecule has 0 bridgehead atoms. The number of nitrogens with zero attached hydrogens (tertiary/aromatic N) is 6. The molecule has 2 aromatic carbocycles. The molecule has 31 heavy (non-hydrogen) atoms. The fourth-order valence-electron chi connectivity index (χ4n) is 3.62. The Kier molecular flexibility index (Phi) is 4.51. The molecule has 156 valence electrons. The number of aryl methyl sites for hydroxylation is 1. The highest BCUT2D eigenvalue weighted by atomic mass is 35.5. The van der Waals surface area contributed by atoms with Gasteiger partial charge in [0.15, 0.2) is 12.1 Å². The molecule has 3 heterocycles. The van der Waals surface area contributed by atoms with Gasteiger partial charge in [-0.25, -0.2) is 9.29 Å². The van der Waals surface area contributed by atoms with Crippen molar-refractivity contribution >= 4 is 29.1 Å². The number of anilines is 1. The first kappa shape index (κ1) is 19.3. The maximum absolute atomic E-state index is 13.5. The van der Waals surface area contributed by atoms with Crippen LogP contribution in [0.15, 0.2) is 57.3 Å². The van der Waals surface area contributed by atoms with E-state index >= 15 is 0 Å². The van der Waals surface area contributed by atoms with Gasteiger partial charge >= 0.3 is 0 Å². The second kappa shape index (κ2) is 7.24. The van der Waals surface area contributed by atoms with Gasteiger partial charge in [0.1, 0.15) is 12.4 Å². The first-order valence-electron chi connectivity index (χ1n) is 9.33. The molecule has 0 aliphatic carbocycles. The molecule has 0 radical (unpaired) electrons. The third-order valence-corrected chi connectivity index (χ3v) is 5.46. The number of aromatic nitrogens is 2. The maximum atomic E-state index is 13.5. The zero-order valence-electron chi connectivity index (χ0n) is 16.1. The number of hydrogen-bond donors (Lipinski definition) is 0. The Morgan fingerprint density at radius 3 is 2.74 bits per heavy atom. The lowest BCUT2D eigenvalue weighted by Gasteiger charge is -2.19. The summed E-state index contributed by atoms with van der Waals surface area (Å²) in [5.41, 5.74) is 1.98. The maximum Gasteiger partial charge on any atom is 0.263 e. The van der Waals surface area contributed by atoms with Gasteiger partial charge in [-0.3, -0.25) is 14.6 Å². The zero-order chi connectivity index (χ0) is 21.7. The van der Waals surface area contributed by atoms with E-state index < -0.39 is 29.7 Å². The first-order chi connectivity index (χ1) is 14.9. The summed E-state index contributed by atoms with van der Waals surface area (Å²) in [4.78, 5) is 31.1. The second-order valence-electron chi connectivity index (χ2n) is 7.13. The number of benzene rings is 2. The highest BCUT2D eigenvalue weighted by Gasteiger charge is 2.55. The van der Waals surface area contributed by atoms with Gasteiger partial charge in [0.05, 0.1) is 10.7 Å². The lowest BCUT2D eigenvalue weighted by Crippen LogP contribution is -2.39. The van der Waals surface area contributed by atoms with Crippen LogP contribution in [0.5, 0.6) is 0 Å². The molecule has 0 unspecified atom stereocenters. The van der Waals surface area contributed by atoms with Crippen LogP contribution in [-0.4, -0.2) is 39.0 Å². The highest BCUT2D eigenvalue weighted by molar-refractivity contribution is 6.32. The zero-order valence-corrected chi connectivity index (χ0v) is 16.8. The molecule has 0 spiro atoms. The average Bonchev–Trinajstić information content (AvgIpc) is 3.43. The van der Waals surface area contributed by atoms with Crippen LogP contribution in [0, 0.1) is 12.7 Å². The Morgan fingerprint density at radius 1 is 1.16 bits per heavy atom. The van der Waals surface area contributed by atoms with E-state index in [0.717, 1.165) is 22.1 Å².